The third-order valence-corrected chi connectivity index (χ3v) is 7.22. The van der Waals surface area contributed by atoms with Gasteiger partial charge in [0.05, 0.1) is 6.04 Å². The fourth-order valence-corrected chi connectivity index (χ4v) is 4.93. The van der Waals surface area contributed by atoms with Crippen molar-refractivity contribution in [2.24, 2.45) is 17.1 Å². The van der Waals surface area contributed by atoms with E-state index in [0.29, 0.717) is 42.6 Å². The molecule has 0 saturated carbocycles. The van der Waals surface area contributed by atoms with Crippen molar-refractivity contribution in [2.45, 2.75) is 59.0 Å². The maximum Gasteiger partial charge on any atom is 0.251 e. The van der Waals surface area contributed by atoms with E-state index >= 15 is 0 Å². The van der Waals surface area contributed by atoms with Crippen molar-refractivity contribution in [3.8, 4) is 0 Å². The van der Waals surface area contributed by atoms with E-state index in [0.717, 1.165) is 30.2 Å². The standard InChI is InChI=1S/C27H39ClN4O2/c1-5-21(27(2,3)4)17-32-13-11-23(31-24(10-12-29)26(32)34)16-30-25(33)20-7-6-19-15-22(28)9-8-18(19)14-20/h6-9,14-15,21,23-24,31H,5,10-13,16-17,29H2,1-4H3,(H,30,33). The van der Waals surface area contributed by atoms with Gasteiger partial charge in [-0.15, -0.1) is 0 Å². The number of halogens is 1. The summed E-state index contributed by atoms with van der Waals surface area (Å²) in [7, 11) is 0. The minimum absolute atomic E-state index is 0.00317. The van der Waals surface area contributed by atoms with Crippen LogP contribution < -0.4 is 16.4 Å². The van der Waals surface area contributed by atoms with Crippen molar-refractivity contribution in [3.63, 3.8) is 0 Å². The van der Waals surface area contributed by atoms with Gasteiger partial charge in [-0.3, -0.25) is 9.59 Å². The third-order valence-electron chi connectivity index (χ3n) is 6.98. The zero-order valence-corrected chi connectivity index (χ0v) is 21.6. The summed E-state index contributed by atoms with van der Waals surface area (Å²) in [6, 6.07) is 10.9. The van der Waals surface area contributed by atoms with Gasteiger partial charge in [-0.05, 0) is 65.8 Å². The van der Waals surface area contributed by atoms with E-state index in [-0.39, 0.29) is 29.3 Å². The van der Waals surface area contributed by atoms with Gasteiger partial charge in [0.2, 0.25) is 5.91 Å². The summed E-state index contributed by atoms with van der Waals surface area (Å²) in [5.74, 6) is 0.421. The number of rotatable bonds is 8. The van der Waals surface area contributed by atoms with Crippen molar-refractivity contribution >= 4 is 34.2 Å². The largest absolute Gasteiger partial charge is 0.350 e. The van der Waals surface area contributed by atoms with E-state index in [1.54, 1.807) is 0 Å². The first kappa shape index (κ1) is 26.5. The highest BCUT2D eigenvalue weighted by Crippen LogP contribution is 2.30. The van der Waals surface area contributed by atoms with E-state index in [1.807, 2.05) is 41.3 Å². The van der Waals surface area contributed by atoms with E-state index in [9.17, 15) is 9.59 Å². The van der Waals surface area contributed by atoms with E-state index in [2.05, 4.69) is 38.3 Å². The van der Waals surface area contributed by atoms with Gasteiger partial charge in [-0.25, -0.2) is 0 Å². The Kier molecular flexibility index (Phi) is 8.96. The third kappa shape index (κ3) is 6.71. The first-order valence-electron chi connectivity index (χ1n) is 12.3. The molecule has 0 radical (unpaired) electrons. The van der Waals surface area contributed by atoms with Crippen LogP contribution in [0.5, 0.6) is 0 Å². The molecule has 1 fully saturated rings. The molecule has 3 rings (SSSR count). The van der Waals surface area contributed by atoms with Gasteiger partial charge >= 0.3 is 0 Å². The van der Waals surface area contributed by atoms with E-state index in [4.69, 9.17) is 17.3 Å². The minimum atomic E-state index is -0.322. The number of fused-ring (bicyclic) bond motifs is 1. The van der Waals surface area contributed by atoms with Gasteiger partial charge in [0.15, 0.2) is 0 Å². The molecule has 0 aromatic heterocycles. The summed E-state index contributed by atoms with van der Waals surface area (Å²) in [4.78, 5) is 28.1. The van der Waals surface area contributed by atoms with Crippen LogP contribution in [0.2, 0.25) is 5.02 Å². The maximum absolute atomic E-state index is 13.3. The number of nitrogens with two attached hydrogens (primary N) is 1. The molecule has 0 bridgehead atoms. The lowest BCUT2D eigenvalue weighted by molar-refractivity contribution is -0.134. The second kappa shape index (κ2) is 11.5. The second-order valence-electron chi connectivity index (χ2n) is 10.5. The average molecular weight is 487 g/mol. The van der Waals surface area contributed by atoms with E-state index < -0.39 is 0 Å². The normalized spacial score (nSPS) is 20.3. The second-order valence-corrected chi connectivity index (χ2v) is 10.9. The molecule has 2 amide bonds. The topological polar surface area (TPSA) is 87.5 Å². The molecule has 0 spiro atoms. The summed E-state index contributed by atoms with van der Waals surface area (Å²) in [6.07, 6.45) is 2.39. The highest BCUT2D eigenvalue weighted by Gasteiger charge is 2.33. The Balaban J connectivity index is 1.66. The monoisotopic (exact) mass is 486 g/mol. The summed E-state index contributed by atoms with van der Waals surface area (Å²) in [5.41, 5.74) is 6.57. The van der Waals surface area contributed by atoms with Crippen LogP contribution in [0.25, 0.3) is 10.8 Å². The zero-order chi connectivity index (χ0) is 24.9. The zero-order valence-electron chi connectivity index (χ0n) is 20.9. The van der Waals surface area contributed by atoms with Gasteiger partial charge in [0.25, 0.3) is 5.91 Å². The van der Waals surface area contributed by atoms with Crippen LogP contribution in [0.3, 0.4) is 0 Å². The Labute approximate surface area is 208 Å². The van der Waals surface area contributed by atoms with Crippen molar-refractivity contribution in [1.29, 1.82) is 0 Å². The van der Waals surface area contributed by atoms with Crippen LogP contribution in [0.15, 0.2) is 36.4 Å². The molecule has 1 heterocycles. The Morgan fingerprint density at radius 2 is 1.94 bits per heavy atom. The molecule has 0 aliphatic carbocycles. The molecule has 34 heavy (non-hydrogen) atoms. The molecule has 1 aliphatic rings. The average Bonchev–Trinajstić information content (AvgIpc) is 2.93. The number of amides is 2. The molecule has 2 aromatic rings. The van der Waals surface area contributed by atoms with Gasteiger partial charge in [-0.2, -0.15) is 0 Å². The number of nitrogens with zero attached hydrogens (tertiary/aromatic N) is 1. The number of benzene rings is 2. The number of carbonyl (C=O) groups excluding carboxylic acids is 2. The van der Waals surface area contributed by atoms with Crippen molar-refractivity contribution in [3.05, 3.63) is 47.0 Å². The highest BCUT2D eigenvalue weighted by atomic mass is 35.5. The lowest BCUT2D eigenvalue weighted by Gasteiger charge is -2.35. The quantitative estimate of drug-likeness (QED) is 0.521. The van der Waals surface area contributed by atoms with Crippen LogP contribution in [0.1, 0.15) is 57.3 Å². The van der Waals surface area contributed by atoms with Gasteiger partial charge in [0, 0.05) is 36.3 Å². The van der Waals surface area contributed by atoms with Gasteiger partial charge in [-0.1, -0.05) is 57.8 Å². The Morgan fingerprint density at radius 3 is 2.62 bits per heavy atom. The minimum Gasteiger partial charge on any atom is -0.350 e. The van der Waals surface area contributed by atoms with Crippen molar-refractivity contribution in [1.82, 2.24) is 15.5 Å². The molecule has 2 aromatic carbocycles. The summed E-state index contributed by atoms with van der Waals surface area (Å²) in [6.45, 7) is 11.2. The Bertz CT molecular complexity index is 1000. The fourth-order valence-electron chi connectivity index (χ4n) is 4.75. The number of carbonyl (C=O) groups is 2. The molecule has 1 aliphatic heterocycles. The van der Waals surface area contributed by atoms with E-state index in [1.165, 1.54) is 0 Å². The Hall–Kier alpha value is -2.15. The van der Waals surface area contributed by atoms with Crippen molar-refractivity contribution < 1.29 is 9.59 Å². The first-order chi connectivity index (χ1) is 16.1. The molecule has 6 nitrogen and oxygen atoms in total. The Morgan fingerprint density at radius 1 is 1.24 bits per heavy atom. The van der Waals surface area contributed by atoms with Gasteiger partial charge < -0.3 is 21.3 Å². The van der Waals surface area contributed by atoms with Crippen molar-refractivity contribution in [2.75, 3.05) is 26.2 Å². The smallest absolute Gasteiger partial charge is 0.251 e. The van der Waals surface area contributed by atoms with Crippen LogP contribution in [0, 0.1) is 11.3 Å². The molecule has 3 unspecified atom stereocenters. The molecule has 4 N–H and O–H groups in total. The molecule has 3 atom stereocenters. The summed E-state index contributed by atoms with van der Waals surface area (Å²) < 4.78 is 0. The molecule has 1 saturated heterocycles. The van der Waals surface area contributed by atoms with Crippen LogP contribution >= 0.6 is 11.6 Å². The lowest BCUT2D eigenvalue weighted by Crippen LogP contribution is -2.50. The van der Waals surface area contributed by atoms with Crippen LogP contribution in [-0.2, 0) is 4.79 Å². The summed E-state index contributed by atoms with van der Waals surface area (Å²) in [5, 5.41) is 9.16. The molecular weight excluding hydrogens is 448 g/mol. The molecule has 7 heteroatoms. The predicted octanol–water partition coefficient (Wildman–Crippen LogP) is 4.20. The lowest BCUT2D eigenvalue weighted by atomic mass is 9.78. The van der Waals surface area contributed by atoms with Gasteiger partial charge in [0.1, 0.15) is 0 Å². The summed E-state index contributed by atoms with van der Waals surface area (Å²) >= 11 is 6.06. The number of hydrogen-bond donors (Lipinski definition) is 3. The fraction of sp³-hybridized carbons (Fsp3) is 0.556. The first-order valence-corrected chi connectivity index (χ1v) is 12.7. The number of hydrogen-bond acceptors (Lipinski definition) is 4. The predicted molar refractivity (Wildman–Crippen MR) is 140 cm³/mol. The molecule has 186 valence electrons. The highest BCUT2D eigenvalue weighted by molar-refractivity contribution is 6.31. The van der Waals surface area contributed by atoms with Crippen LogP contribution in [0.4, 0.5) is 0 Å². The van der Waals surface area contributed by atoms with Crippen LogP contribution in [-0.4, -0.2) is 55.0 Å². The molecular formula is C27H39ClN4O2. The number of nitrogens with one attached hydrogen (secondary N) is 2. The SMILES string of the molecule is CCC(CN1CCC(CNC(=O)c2ccc3cc(Cl)ccc3c2)NC(CCN)C1=O)C(C)(C)C. The maximum atomic E-state index is 13.3.